The van der Waals surface area contributed by atoms with Crippen molar-refractivity contribution >= 4 is 40.0 Å². The molecular weight excluding hydrogens is 407 g/mol. The molecule has 1 aliphatic rings. The van der Waals surface area contributed by atoms with Crippen LogP contribution in [0.1, 0.15) is 37.3 Å². The van der Waals surface area contributed by atoms with E-state index >= 15 is 0 Å². The Kier molecular flexibility index (Phi) is 4.74. The molecule has 1 fully saturated rings. The third kappa shape index (κ3) is 3.15. The fraction of sp³-hybridized carbons (Fsp3) is 0.562. The predicted molar refractivity (Wildman–Crippen MR) is 96.7 cm³/mol. The lowest BCUT2D eigenvalue weighted by Crippen LogP contribution is -2.23. The zero-order valence-corrected chi connectivity index (χ0v) is 15.8. The number of methoxy groups -OCH3 is 1. The molecule has 0 unspecified atom stereocenters. The summed E-state index contributed by atoms with van der Waals surface area (Å²) >= 11 is 2.27. The molecule has 1 saturated carbocycles. The van der Waals surface area contributed by atoms with Gasteiger partial charge in [0.15, 0.2) is 5.65 Å². The summed E-state index contributed by atoms with van der Waals surface area (Å²) in [5.41, 5.74) is 2.00. The van der Waals surface area contributed by atoms with Gasteiger partial charge in [-0.05, 0) is 48.3 Å². The van der Waals surface area contributed by atoms with Gasteiger partial charge in [-0.2, -0.15) is 9.61 Å². The van der Waals surface area contributed by atoms with E-state index < -0.39 is 0 Å². The van der Waals surface area contributed by atoms with E-state index in [9.17, 15) is 4.79 Å². The van der Waals surface area contributed by atoms with Gasteiger partial charge in [0, 0.05) is 31.8 Å². The molecule has 23 heavy (non-hydrogen) atoms. The molecule has 6 nitrogen and oxygen atoms in total. The summed E-state index contributed by atoms with van der Waals surface area (Å²) in [4.78, 5) is 18.6. The summed E-state index contributed by atoms with van der Waals surface area (Å²) in [5, 5.41) is 4.42. The third-order valence-electron chi connectivity index (χ3n) is 4.57. The molecular formula is C16H21IN4O2. The van der Waals surface area contributed by atoms with Crippen molar-refractivity contribution in [1.29, 1.82) is 0 Å². The fourth-order valence-corrected chi connectivity index (χ4v) is 3.73. The summed E-state index contributed by atoms with van der Waals surface area (Å²) in [6, 6.07) is 2.12. The summed E-state index contributed by atoms with van der Waals surface area (Å²) in [5.74, 6) is 1.39. The smallest absolute Gasteiger partial charge is 0.308 e. The second kappa shape index (κ2) is 6.62. The van der Waals surface area contributed by atoms with E-state index in [4.69, 9.17) is 9.72 Å². The average molecular weight is 428 g/mol. The van der Waals surface area contributed by atoms with Gasteiger partial charge in [-0.15, -0.1) is 0 Å². The normalized spacial score (nSPS) is 21.4. The highest BCUT2D eigenvalue weighted by Crippen LogP contribution is 2.36. The zero-order chi connectivity index (χ0) is 16.6. The number of fused-ring (bicyclic) bond motifs is 1. The Morgan fingerprint density at radius 1 is 1.35 bits per heavy atom. The number of aromatic nitrogens is 3. The van der Waals surface area contributed by atoms with E-state index in [1.807, 2.05) is 24.8 Å². The minimum absolute atomic E-state index is 0.0448. The van der Waals surface area contributed by atoms with Crippen LogP contribution in [0.25, 0.3) is 5.65 Å². The van der Waals surface area contributed by atoms with Crippen LogP contribution in [0, 0.1) is 9.49 Å². The van der Waals surface area contributed by atoms with Gasteiger partial charge in [0.25, 0.3) is 0 Å². The number of halogens is 1. The quantitative estimate of drug-likeness (QED) is 0.556. The van der Waals surface area contributed by atoms with Crippen LogP contribution in [-0.4, -0.2) is 41.8 Å². The van der Waals surface area contributed by atoms with Crippen LogP contribution in [-0.2, 0) is 9.53 Å². The number of rotatable bonds is 3. The molecule has 0 radical (unpaired) electrons. The average Bonchev–Trinajstić information content (AvgIpc) is 2.94. The molecule has 2 aromatic rings. The lowest BCUT2D eigenvalue weighted by molar-refractivity contribution is -0.146. The number of hydrogen-bond acceptors (Lipinski definition) is 5. The summed E-state index contributed by atoms with van der Waals surface area (Å²) in [6.07, 6.45) is 5.53. The molecule has 7 heteroatoms. The molecule has 0 amide bonds. The van der Waals surface area contributed by atoms with Crippen molar-refractivity contribution in [3.05, 3.63) is 21.5 Å². The zero-order valence-electron chi connectivity index (χ0n) is 13.6. The van der Waals surface area contributed by atoms with Gasteiger partial charge in [-0.3, -0.25) is 4.79 Å². The maximum Gasteiger partial charge on any atom is 0.308 e. The number of carbonyl (C=O) groups is 1. The van der Waals surface area contributed by atoms with Crippen molar-refractivity contribution in [2.24, 2.45) is 5.92 Å². The van der Waals surface area contributed by atoms with Gasteiger partial charge in [0.2, 0.25) is 0 Å². The maximum atomic E-state index is 11.7. The van der Waals surface area contributed by atoms with E-state index in [0.29, 0.717) is 5.92 Å². The first-order valence-electron chi connectivity index (χ1n) is 7.80. The number of anilines is 1. The number of ether oxygens (including phenoxy) is 1. The first-order chi connectivity index (χ1) is 11.0. The molecule has 0 aliphatic heterocycles. The van der Waals surface area contributed by atoms with Crippen LogP contribution >= 0.6 is 22.6 Å². The van der Waals surface area contributed by atoms with E-state index in [-0.39, 0.29) is 11.9 Å². The van der Waals surface area contributed by atoms with Gasteiger partial charge in [0.1, 0.15) is 5.82 Å². The molecule has 0 atom stereocenters. The second-order valence-corrected chi connectivity index (χ2v) is 7.40. The Hall–Kier alpha value is -1.38. The molecule has 0 bridgehead atoms. The number of carbonyl (C=O) groups excluding carboxylic acids is 1. The van der Waals surface area contributed by atoms with Crippen molar-refractivity contribution in [2.75, 3.05) is 26.1 Å². The van der Waals surface area contributed by atoms with Crippen LogP contribution in [0.4, 0.5) is 5.82 Å². The molecule has 0 N–H and O–H groups in total. The van der Waals surface area contributed by atoms with Gasteiger partial charge in [-0.1, -0.05) is 0 Å². The Labute approximate surface area is 149 Å². The minimum atomic E-state index is -0.0776. The Morgan fingerprint density at radius 3 is 2.65 bits per heavy atom. The van der Waals surface area contributed by atoms with Gasteiger partial charge < -0.3 is 9.64 Å². The van der Waals surface area contributed by atoms with Crippen molar-refractivity contribution in [3.8, 4) is 0 Å². The van der Waals surface area contributed by atoms with Crippen molar-refractivity contribution in [1.82, 2.24) is 14.6 Å². The van der Waals surface area contributed by atoms with Gasteiger partial charge >= 0.3 is 5.97 Å². The molecule has 1 aliphatic carbocycles. The molecule has 0 saturated heterocycles. The van der Waals surface area contributed by atoms with Crippen LogP contribution in [0.15, 0.2) is 12.3 Å². The number of hydrogen-bond donors (Lipinski definition) is 0. The summed E-state index contributed by atoms with van der Waals surface area (Å²) in [6.45, 7) is 0. The standard InChI is InChI=1S/C16H21IN4O2/c1-20(2)14-8-13(19-15-12(17)9-18-21(14)15)10-4-6-11(7-5-10)16(22)23-3/h8-11H,4-7H2,1-3H3. The third-order valence-corrected chi connectivity index (χ3v) is 5.33. The van der Waals surface area contributed by atoms with E-state index in [2.05, 4.69) is 38.7 Å². The highest BCUT2D eigenvalue weighted by molar-refractivity contribution is 14.1. The first kappa shape index (κ1) is 16.5. The second-order valence-electron chi connectivity index (χ2n) is 6.23. The van der Waals surface area contributed by atoms with Crippen molar-refractivity contribution < 1.29 is 9.53 Å². The lowest BCUT2D eigenvalue weighted by Gasteiger charge is -2.27. The first-order valence-corrected chi connectivity index (χ1v) is 8.88. The molecule has 0 aromatic carbocycles. The fourth-order valence-electron chi connectivity index (χ4n) is 3.26. The Morgan fingerprint density at radius 2 is 2.04 bits per heavy atom. The van der Waals surface area contributed by atoms with Crippen molar-refractivity contribution in [3.63, 3.8) is 0 Å². The summed E-state index contributed by atoms with van der Waals surface area (Å²) in [7, 11) is 5.50. The highest BCUT2D eigenvalue weighted by atomic mass is 127. The Bertz CT molecular complexity index is 720. The van der Waals surface area contributed by atoms with Crippen LogP contribution < -0.4 is 4.90 Å². The lowest BCUT2D eigenvalue weighted by atomic mass is 9.80. The number of nitrogens with zero attached hydrogens (tertiary/aromatic N) is 4. The molecule has 2 heterocycles. The maximum absolute atomic E-state index is 11.7. The van der Waals surface area contributed by atoms with E-state index in [1.54, 1.807) is 0 Å². The molecule has 0 spiro atoms. The van der Waals surface area contributed by atoms with Crippen LogP contribution in [0.5, 0.6) is 0 Å². The molecule has 124 valence electrons. The highest BCUT2D eigenvalue weighted by Gasteiger charge is 2.29. The SMILES string of the molecule is COC(=O)C1CCC(c2cc(N(C)C)n3ncc(I)c3n2)CC1. The molecule has 2 aromatic heterocycles. The van der Waals surface area contributed by atoms with Gasteiger partial charge in [-0.25, -0.2) is 4.98 Å². The van der Waals surface area contributed by atoms with E-state index in [0.717, 1.165) is 46.4 Å². The monoisotopic (exact) mass is 428 g/mol. The van der Waals surface area contributed by atoms with Crippen molar-refractivity contribution in [2.45, 2.75) is 31.6 Å². The predicted octanol–water partition coefficient (Wildman–Crippen LogP) is 2.85. The molecule has 3 rings (SSSR count). The Balaban J connectivity index is 1.89. The van der Waals surface area contributed by atoms with E-state index in [1.165, 1.54) is 7.11 Å². The van der Waals surface area contributed by atoms with Crippen LogP contribution in [0.3, 0.4) is 0 Å². The summed E-state index contributed by atoms with van der Waals surface area (Å²) < 4.78 is 7.80. The largest absolute Gasteiger partial charge is 0.469 e. The van der Waals surface area contributed by atoms with Gasteiger partial charge in [0.05, 0.1) is 22.8 Å². The van der Waals surface area contributed by atoms with Crippen LogP contribution in [0.2, 0.25) is 0 Å². The topological polar surface area (TPSA) is 59.7 Å². The number of esters is 1. The minimum Gasteiger partial charge on any atom is -0.469 e.